The van der Waals surface area contributed by atoms with Crippen molar-refractivity contribution in [1.82, 2.24) is 9.80 Å². The van der Waals surface area contributed by atoms with Crippen LogP contribution in [0, 0.1) is 0 Å². The summed E-state index contributed by atoms with van der Waals surface area (Å²) in [6.45, 7) is 4.81. The highest BCUT2D eigenvalue weighted by Crippen LogP contribution is 2.14. The lowest BCUT2D eigenvalue weighted by atomic mass is 10.2. The SMILES string of the molecule is COc1cccc(CN(C)C(=O)CCN2CCOCC2)c1. The molecule has 1 aliphatic heterocycles. The number of ether oxygens (including phenoxy) is 2. The van der Waals surface area contributed by atoms with Gasteiger partial charge in [0, 0.05) is 39.6 Å². The number of hydrogen-bond donors (Lipinski definition) is 0. The first-order valence-corrected chi connectivity index (χ1v) is 7.36. The van der Waals surface area contributed by atoms with E-state index in [0.717, 1.165) is 44.2 Å². The van der Waals surface area contributed by atoms with Crippen LogP contribution in [0.1, 0.15) is 12.0 Å². The van der Waals surface area contributed by atoms with Crippen LogP contribution in [0.15, 0.2) is 24.3 Å². The number of rotatable bonds is 6. The molecule has 5 nitrogen and oxygen atoms in total. The Morgan fingerprint density at radius 2 is 2.14 bits per heavy atom. The Bertz CT molecular complexity index is 459. The van der Waals surface area contributed by atoms with Crippen LogP contribution in [-0.4, -0.2) is 62.7 Å². The van der Waals surface area contributed by atoms with Crippen LogP contribution < -0.4 is 4.74 Å². The molecule has 116 valence electrons. The van der Waals surface area contributed by atoms with Crippen molar-refractivity contribution >= 4 is 5.91 Å². The first kappa shape index (κ1) is 15.8. The summed E-state index contributed by atoms with van der Waals surface area (Å²) in [6, 6.07) is 7.82. The van der Waals surface area contributed by atoms with Crippen LogP contribution in [0.5, 0.6) is 5.75 Å². The zero-order valence-electron chi connectivity index (χ0n) is 12.9. The summed E-state index contributed by atoms with van der Waals surface area (Å²) >= 11 is 0. The topological polar surface area (TPSA) is 42.0 Å². The Balaban J connectivity index is 1.78. The number of carbonyl (C=O) groups excluding carboxylic acids is 1. The highest BCUT2D eigenvalue weighted by Gasteiger charge is 2.14. The van der Waals surface area contributed by atoms with Gasteiger partial charge in [-0.2, -0.15) is 0 Å². The molecule has 1 saturated heterocycles. The molecule has 0 N–H and O–H groups in total. The summed E-state index contributed by atoms with van der Waals surface area (Å²) < 4.78 is 10.5. The molecule has 1 aromatic rings. The second-order valence-electron chi connectivity index (χ2n) is 5.31. The fourth-order valence-corrected chi connectivity index (χ4v) is 2.40. The van der Waals surface area contributed by atoms with Gasteiger partial charge < -0.3 is 14.4 Å². The van der Waals surface area contributed by atoms with Crippen LogP contribution >= 0.6 is 0 Å². The Morgan fingerprint density at radius 1 is 1.38 bits per heavy atom. The highest BCUT2D eigenvalue weighted by atomic mass is 16.5. The Morgan fingerprint density at radius 3 is 2.86 bits per heavy atom. The van der Waals surface area contributed by atoms with Gasteiger partial charge in [-0.1, -0.05) is 12.1 Å². The van der Waals surface area contributed by atoms with Crippen molar-refractivity contribution in [2.45, 2.75) is 13.0 Å². The van der Waals surface area contributed by atoms with Crippen molar-refractivity contribution in [2.75, 3.05) is 47.0 Å². The summed E-state index contributed by atoms with van der Waals surface area (Å²) in [5.41, 5.74) is 1.08. The van der Waals surface area contributed by atoms with Gasteiger partial charge in [-0.05, 0) is 17.7 Å². The molecule has 5 heteroatoms. The second-order valence-corrected chi connectivity index (χ2v) is 5.31. The van der Waals surface area contributed by atoms with Gasteiger partial charge in [-0.15, -0.1) is 0 Å². The lowest BCUT2D eigenvalue weighted by molar-refractivity contribution is -0.131. The molecule has 1 heterocycles. The minimum absolute atomic E-state index is 0.171. The molecule has 0 bridgehead atoms. The number of amides is 1. The first-order valence-electron chi connectivity index (χ1n) is 7.36. The van der Waals surface area contributed by atoms with E-state index in [4.69, 9.17) is 9.47 Å². The number of benzene rings is 1. The van der Waals surface area contributed by atoms with Crippen molar-refractivity contribution in [1.29, 1.82) is 0 Å². The normalized spacial score (nSPS) is 15.7. The van der Waals surface area contributed by atoms with E-state index in [0.29, 0.717) is 13.0 Å². The number of morpholine rings is 1. The molecule has 0 unspecified atom stereocenters. The zero-order valence-corrected chi connectivity index (χ0v) is 12.9. The van der Waals surface area contributed by atoms with Gasteiger partial charge in [-0.25, -0.2) is 0 Å². The molecular formula is C16H24N2O3. The first-order chi connectivity index (χ1) is 10.2. The minimum atomic E-state index is 0.171. The second kappa shape index (κ2) is 8.00. The molecule has 0 atom stereocenters. The average molecular weight is 292 g/mol. The summed E-state index contributed by atoms with van der Waals surface area (Å²) in [4.78, 5) is 16.2. The molecule has 1 aromatic carbocycles. The van der Waals surface area contributed by atoms with E-state index >= 15 is 0 Å². The molecule has 0 saturated carbocycles. The Kier molecular flexibility index (Phi) is 6.02. The lowest BCUT2D eigenvalue weighted by Gasteiger charge is -2.27. The van der Waals surface area contributed by atoms with Gasteiger partial charge in [0.05, 0.1) is 20.3 Å². The van der Waals surface area contributed by atoms with E-state index in [1.165, 1.54) is 0 Å². The van der Waals surface area contributed by atoms with Crippen LogP contribution in [-0.2, 0) is 16.1 Å². The van der Waals surface area contributed by atoms with Crippen LogP contribution in [0.2, 0.25) is 0 Å². The number of nitrogens with zero attached hydrogens (tertiary/aromatic N) is 2. The van der Waals surface area contributed by atoms with E-state index in [2.05, 4.69) is 4.90 Å². The molecule has 0 aliphatic carbocycles. The maximum atomic E-state index is 12.2. The molecule has 0 spiro atoms. The third-order valence-electron chi connectivity index (χ3n) is 3.73. The summed E-state index contributed by atoms with van der Waals surface area (Å²) in [7, 11) is 3.50. The predicted octanol–water partition coefficient (Wildman–Crippen LogP) is 1.38. The van der Waals surface area contributed by atoms with E-state index in [1.54, 1.807) is 12.0 Å². The quantitative estimate of drug-likeness (QED) is 0.794. The lowest BCUT2D eigenvalue weighted by Crippen LogP contribution is -2.39. The van der Waals surface area contributed by atoms with Gasteiger partial charge in [0.2, 0.25) is 5.91 Å². The smallest absolute Gasteiger partial charge is 0.223 e. The standard InChI is InChI=1S/C16H24N2O3/c1-17(13-14-4-3-5-15(12-14)20-2)16(19)6-7-18-8-10-21-11-9-18/h3-5,12H,6-11,13H2,1-2H3. The number of methoxy groups -OCH3 is 1. The zero-order chi connectivity index (χ0) is 15.1. The third kappa shape index (κ3) is 5.02. The minimum Gasteiger partial charge on any atom is -0.497 e. The fraction of sp³-hybridized carbons (Fsp3) is 0.562. The molecule has 2 rings (SSSR count). The fourth-order valence-electron chi connectivity index (χ4n) is 2.40. The molecule has 21 heavy (non-hydrogen) atoms. The van der Waals surface area contributed by atoms with Crippen molar-refractivity contribution in [3.63, 3.8) is 0 Å². The molecule has 0 aromatic heterocycles. The van der Waals surface area contributed by atoms with E-state index in [-0.39, 0.29) is 5.91 Å². The largest absolute Gasteiger partial charge is 0.497 e. The maximum Gasteiger partial charge on any atom is 0.223 e. The maximum absolute atomic E-state index is 12.2. The van der Waals surface area contributed by atoms with Gasteiger partial charge in [0.15, 0.2) is 0 Å². The van der Waals surface area contributed by atoms with Crippen molar-refractivity contribution in [3.8, 4) is 5.75 Å². The van der Waals surface area contributed by atoms with Crippen molar-refractivity contribution in [3.05, 3.63) is 29.8 Å². The summed E-state index contributed by atoms with van der Waals surface area (Å²) in [5.74, 6) is 0.992. The Hall–Kier alpha value is -1.59. The predicted molar refractivity (Wildman–Crippen MR) is 81.3 cm³/mol. The summed E-state index contributed by atoms with van der Waals surface area (Å²) in [6.07, 6.45) is 0.556. The van der Waals surface area contributed by atoms with Gasteiger partial charge in [0.25, 0.3) is 0 Å². The number of hydrogen-bond acceptors (Lipinski definition) is 4. The van der Waals surface area contributed by atoms with E-state index in [1.807, 2.05) is 31.3 Å². The molecule has 1 aliphatic rings. The monoisotopic (exact) mass is 292 g/mol. The van der Waals surface area contributed by atoms with Crippen LogP contribution in [0.3, 0.4) is 0 Å². The third-order valence-corrected chi connectivity index (χ3v) is 3.73. The van der Waals surface area contributed by atoms with Crippen molar-refractivity contribution < 1.29 is 14.3 Å². The molecular weight excluding hydrogens is 268 g/mol. The molecule has 1 fully saturated rings. The molecule has 0 radical (unpaired) electrons. The van der Waals surface area contributed by atoms with Crippen LogP contribution in [0.4, 0.5) is 0 Å². The average Bonchev–Trinajstić information content (AvgIpc) is 2.53. The van der Waals surface area contributed by atoms with E-state index < -0.39 is 0 Å². The van der Waals surface area contributed by atoms with Crippen molar-refractivity contribution in [2.24, 2.45) is 0 Å². The van der Waals surface area contributed by atoms with Gasteiger partial charge in [0.1, 0.15) is 5.75 Å². The van der Waals surface area contributed by atoms with E-state index in [9.17, 15) is 4.79 Å². The van der Waals surface area contributed by atoms with Gasteiger partial charge >= 0.3 is 0 Å². The Labute approximate surface area is 126 Å². The van der Waals surface area contributed by atoms with Gasteiger partial charge in [-0.3, -0.25) is 9.69 Å². The highest BCUT2D eigenvalue weighted by molar-refractivity contribution is 5.76. The van der Waals surface area contributed by atoms with Crippen LogP contribution in [0.25, 0.3) is 0 Å². The summed E-state index contributed by atoms with van der Waals surface area (Å²) in [5, 5.41) is 0. The number of carbonyl (C=O) groups is 1. The molecule has 1 amide bonds.